The zero-order valence-corrected chi connectivity index (χ0v) is 24.4. The Bertz CT molecular complexity index is 1140. The number of thiophene rings is 1. The topological polar surface area (TPSA) is 108 Å². The molecule has 9 heteroatoms. The molecule has 0 amide bonds. The fourth-order valence-electron chi connectivity index (χ4n) is 3.90. The van der Waals surface area contributed by atoms with Gasteiger partial charge in [0, 0.05) is 47.3 Å². The molecule has 0 saturated carbocycles. The van der Waals surface area contributed by atoms with Crippen LogP contribution in [0, 0.1) is 6.92 Å². The SMILES string of the molecule is C=O.C=O.CN.COc1cc(OCCCN2CCOCC2)c(/C=C/C(=O)c2ccc(C)cc2)cc1-c1cccs1. The minimum absolute atomic E-state index is 0.0354. The average Bonchev–Trinajstić information content (AvgIpc) is 3.57. The fraction of sp³-hybridized carbons (Fsp3) is 0.323. The Morgan fingerprint density at radius 3 is 2.33 bits per heavy atom. The Morgan fingerprint density at radius 1 is 1.05 bits per heavy atom. The number of hydrogen-bond acceptors (Lipinski definition) is 9. The van der Waals surface area contributed by atoms with Gasteiger partial charge in [0.1, 0.15) is 25.1 Å². The van der Waals surface area contributed by atoms with E-state index >= 15 is 0 Å². The lowest BCUT2D eigenvalue weighted by molar-refractivity contribution is -0.0987. The molecule has 0 unspecified atom stereocenters. The van der Waals surface area contributed by atoms with Gasteiger partial charge in [-0.05, 0) is 50.1 Å². The second kappa shape index (κ2) is 20.3. The minimum Gasteiger partial charge on any atom is -0.496 e. The summed E-state index contributed by atoms with van der Waals surface area (Å²) in [4.78, 5) is 32.3. The first-order valence-corrected chi connectivity index (χ1v) is 13.7. The summed E-state index contributed by atoms with van der Waals surface area (Å²) in [7, 11) is 3.17. The average molecular weight is 569 g/mol. The van der Waals surface area contributed by atoms with Crippen LogP contribution in [0.2, 0.25) is 0 Å². The van der Waals surface area contributed by atoms with Gasteiger partial charge in [-0.25, -0.2) is 0 Å². The summed E-state index contributed by atoms with van der Waals surface area (Å²) in [6.07, 6.45) is 4.38. The molecule has 8 nitrogen and oxygen atoms in total. The van der Waals surface area contributed by atoms with Gasteiger partial charge >= 0.3 is 0 Å². The fourth-order valence-corrected chi connectivity index (χ4v) is 4.65. The number of nitrogens with zero attached hydrogens (tertiary/aromatic N) is 1. The van der Waals surface area contributed by atoms with Crippen LogP contribution >= 0.6 is 11.3 Å². The number of hydrogen-bond donors (Lipinski definition) is 1. The highest BCUT2D eigenvalue weighted by Gasteiger charge is 2.14. The van der Waals surface area contributed by atoms with Gasteiger partial charge in [0.25, 0.3) is 0 Å². The quantitative estimate of drug-likeness (QED) is 0.208. The lowest BCUT2D eigenvalue weighted by Crippen LogP contribution is -2.37. The summed E-state index contributed by atoms with van der Waals surface area (Å²) in [6, 6.07) is 15.7. The number of ketones is 1. The number of methoxy groups -OCH3 is 1. The molecule has 3 aromatic rings. The Kier molecular flexibility index (Phi) is 17.5. The number of benzene rings is 2. The molecule has 216 valence electrons. The Hall–Kier alpha value is -3.63. The van der Waals surface area contributed by atoms with E-state index in [4.69, 9.17) is 23.8 Å². The number of morpholine rings is 1. The van der Waals surface area contributed by atoms with Crippen molar-refractivity contribution in [3.8, 4) is 21.9 Å². The van der Waals surface area contributed by atoms with Crippen LogP contribution in [-0.4, -0.2) is 77.9 Å². The molecular weight excluding hydrogens is 528 g/mol. The third-order valence-electron chi connectivity index (χ3n) is 5.85. The number of carbonyl (C=O) groups excluding carboxylic acids is 3. The van der Waals surface area contributed by atoms with E-state index in [9.17, 15) is 4.79 Å². The van der Waals surface area contributed by atoms with Crippen LogP contribution in [0.25, 0.3) is 16.5 Å². The molecule has 1 aliphatic rings. The Labute approximate surface area is 241 Å². The van der Waals surface area contributed by atoms with Crippen LogP contribution in [0.15, 0.2) is 60.0 Å². The molecule has 4 rings (SSSR count). The number of allylic oxidation sites excluding steroid dienone is 1. The zero-order chi connectivity index (χ0) is 29.8. The van der Waals surface area contributed by atoms with E-state index in [1.54, 1.807) is 24.5 Å². The molecule has 1 aliphatic heterocycles. The predicted molar refractivity (Wildman–Crippen MR) is 163 cm³/mol. The Balaban J connectivity index is 0.00000125. The van der Waals surface area contributed by atoms with Crippen molar-refractivity contribution >= 4 is 36.8 Å². The second-order valence-corrected chi connectivity index (χ2v) is 9.23. The summed E-state index contributed by atoms with van der Waals surface area (Å²) < 4.78 is 17.3. The van der Waals surface area contributed by atoms with E-state index in [0.717, 1.165) is 66.6 Å². The highest BCUT2D eigenvalue weighted by atomic mass is 32.1. The zero-order valence-electron chi connectivity index (χ0n) is 23.6. The number of aryl methyl sites for hydroxylation is 1. The maximum atomic E-state index is 12.7. The molecule has 2 heterocycles. The van der Waals surface area contributed by atoms with Gasteiger partial charge < -0.3 is 29.5 Å². The minimum atomic E-state index is -0.0354. The smallest absolute Gasteiger partial charge is 0.185 e. The number of ether oxygens (including phenoxy) is 3. The first-order valence-electron chi connectivity index (χ1n) is 12.8. The van der Waals surface area contributed by atoms with Crippen molar-refractivity contribution in [1.29, 1.82) is 0 Å². The first kappa shape index (κ1) is 34.4. The summed E-state index contributed by atoms with van der Waals surface area (Å²) in [5, 5.41) is 2.04. The molecule has 40 heavy (non-hydrogen) atoms. The van der Waals surface area contributed by atoms with E-state index in [1.807, 2.05) is 74.4 Å². The van der Waals surface area contributed by atoms with Crippen LogP contribution in [-0.2, 0) is 14.3 Å². The van der Waals surface area contributed by atoms with E-state index in [2.05, 4.69) is 16.7 Å². The van der Waals surface area contributed by atoms with Gasteiger partial charge in [0.15, 0.2) is 5.78 Å². The first-order chi connectivity index (χ1) is 19.6. The van der Waals surface area contributed by atoms with E-state index in [-0.39, 0.29) is 5.78 Å². The van der Waals surface area contributed by atoms with Gasteiger partial charge in [-0.2, -0.15) is 0 Å². The molecule has 1 fully saturated rings. The molecule has 0 atom stereocenters. The van der Waals surface area contributed by atoms with Gasteiger partial charge in [-0.3, -0.25) is 9.69 Å². The van der Waals surface area contributed by atoms with Gasteiger partial charge in [-0.1, -0.05) is 35.9 Å². The molecule has 2 N–H and O–H groups in total. The monoisotopic (exact) mass is 568 g/mol. The molecule has 0 spiro atoms. The van der Waals surface area contributed by atoms with Crippen molar-refractivity contribution in [2.24, 2.45) is 5.73 Å². The lowest BCUT2D eigenvalue weighted by Gasteiger charge is -2.26. The number of rotatable bonds is 10. The van der Waals surface area contributed by atoms with Crippen molar-refractivity contribution < 1.29 is 28.6 Å². The second-order valence-electron chi connectivity index (χ2n) is 8.29. The van der Waals surface area contributed by atoms with Gasteiger partial charge in [-0.15, -0.1) is 11.3 Å². The molecule has 1 saturated heterocycles. The third kappa shape index (κ3) is 10.9. The molecule has 0 aliphatic carbocycles. The highest BCUT2D eigenvalue weighted by Crippen LogP contribution is 2.39. The van der Waals surface area contributed by atoms with E-state index in [0.29, 0.717) is 17.9 Å². The van der Waals surface area contributed by atoms with Gasteiger partial charge in [0.05, 0.1) is 26.9 Å². The van der Waals surface area contributed by atoms with Crippen molar-refractivity contribution in [3.63, 3.8) is 0 Å². The largest absolute Gasteiger partial charge is 0.496 e. The number of carbonyl (C=O) groups is 3. The van der Waals surface area contributed by atoms with Crippen molar-refractivity contribution in [2.45, 2.75) is 13.3 Å². The maximum Gasteiger partial charge on any atom is 0.185 e. The molecule has 1 aromatic heterocycles. The highest BCUT2D eigenvalue weighted by molar-refractivity contribution is 7.13. The van der Waals surface area contributed by atoms with Crippen LogP contribution in [0.3, 0.4) is 0 Å². The van der Waals surface area contributed by atoms with Crippen molar-refractivity contribution in [2.75, 3.05) is 53.6 Å². The Morgan fingerprint density at radius 2 is 1.73 bits per heavy atom. The standard InChI is InChI=1S/C28H31NO4S.CH5N.2CH2O/c1-21-6-8-22(9-7-21)25(30)11-10-23-19-24(28-5-3-18-34-28)27(31-2)20-26(23)33-15-4-12-29-13-16-32-17-14-29;3*1-2/h3,5-11,18-20H,4,12-17H2,1-2H3;2H2,1H3;2*1H2/b11-10+;;;. The molecule has 0 radical (unpaired) electrons. The van der Waals surface area contributed by atoms with Crippen LogP contribution in [0.4, 0.5) is 0 Å². The lowest BCUT2D eigenvalue weighted by atomic mass is 10.0. The van der Waals surface area contributed by atoms with Crippen LogP contribution < -0.4 is 15.2 Å². The van der Waals surface area contributed by atoms with Crippen LogP contribution in [0.5, 0.6) is 11.5 Å². The summed E-state index contributed by atoms with van der Waals surface area (Å²) in [6.45, 7) is 11.1. The van der Waals surface area contributed by atoms with E-state index < -0.39 is 0 Å². The summed E-state index contributed by atoms with van der Waals surface area (Å²) >= 11 is 1.65. The van der Waals surface area contributed by atoms with Crippen molar-refractivity contribution in [1.82, 2.24) is 4.90 Å². The molecular formula is C31H40N2O6S. The normalized spacial score (nSPS) is 12.6. The third-order valence-corrected chi connectivity index (χ3v) is 6.75. The van der Waals surface area contributed by atoms with E-state index in [1.165, 1.54) is 7.05 Å². The molecule has 2 aromatic carbocycles. The maximum absolute atomic E-state index is 12.7. The summed E-state index contributed by atoms with van der Waals surface area (Å²) in [5.41, 5.74) is 8.14. The van der Waals surface area contributed by atoms with Gasteiger partial charge in [0.2, 0.25) is 0 Å². The number of nitrogens with two attached hydrogens (primary N) is 1. The summed E-state index contributed by atoms with van der Waals surface area (Å²) in [5.74, 6) is 1.44. The van der Waals surface area contributed by atoms with Crippen molar-refractivity contribution in [3.05, 3.63) is 76.7 Å². The van der Waals surface area contributed by atoms with Crippen LogP contribution in [0.1, 0.15) is 27.9 Å². The predicted octanol–water partition coefficient (Wildman–Crippen LogP) is 4.93. The molecule has 0 bridgehead atoms.